The monoisotopic (exact) mass is 309 g/mol. The molecular formula is C15H20ClN3S. The van der Waals surface area contributed by atoms with E-state index in [1.807, 2.05) is 6.07 Å². The number of thiazole rings is 1. The van der Waals surface area contributed by atoms with Crippen LogP contribution < -0.4 is 5.73 Å². The zero-order valence-electron chi connectivity index (χ0n) is 11.4. The van der Waals surface area contributed by atoms with Crippen LogP contribution in [-0.2, 0) is 6.54 Å². The quantitative estimate of drug-likeness (QED) is 0.944. The van der Waals surface area contributed by atoms with E-state index < -0.39 is 0 Å². The van der Waals surface area contributed by atoms with Crippen LogP contribution in [0.15, 0.2) is 35.7 Å². The first-order chi connectivity index (χ1) is 9.35. The molecule has 0 spiro atoms. The molecule has 1 fully saturated rings. The Hall–Kier alpha value is -0.940. The first-order valence-electron chi connectivity index (χ1n) is 6.77. The second-order valence-corrected chi connectivity index (χ2v) is 5.99. The van der Waals surface area contributed by atoms with Crippen molar-refractivity contribution < 1.29 is 0 Å². The van der Waals surface area contributed by atoms with Crippen LogP contribution in [0, 0.1) is 5.92 Å². The fourth-order valence-corrected chi connectivity index (χ4v) is 3.39. The SMILES string of the molecule is Cl.NCC1CCN(Cc2csc(-c3ccccc3)n2)C1. The summed E-state index contributed by atoms with van der Waals surface area (Å²) >= 11 is 1.73. The van der Waals surface area contributed by atoms with Gasteiger partial charge in [-0.2, -0.15) is 0 Å². The number of benzene rings is 1. The van der Waals surface area contributed by atoms with Gasteiger partial charge in [-0.05, 0) is 25.4 Å². The van der Waals surface area contributed by atoms with Crippen LogP contribution in [0.5, 0.6) is 0 Å². The Balaban J connectivity index is 0.00000147. The number of hydrogen-bond donors (Lipinski definition) is 1. The summed E-state index contributed by atoms with van der Waals surface area (Å²) in [6, 6.07) is 10.4. The molecule has 2 aromatic rings. The summed E-state index contributed by atoms with van der Waals surface area (Å²) < 4.78 is 0. The molecule has 20 heavy (non-hydrogen) atoms. The number of nitrogens with two attached hydrogens (primary N) is 1. The Labute approximate surface area is 130 Å². The molecule has 1 aliphatic heterocycles. The van der Waals surface area contributed by atoms with Gasteiger partial charge in [-0.1, -0.05) is 30.3 Å². The van der Waals surface area contributed by atoms with Crippen molar-refractivity contribution in [1.29, 1.82) is 0 Å². The molecule has 2 N–H and O–H groups in total. The van der Waals surface area contributed by atoms with E-state index in [1.54, 1.807) is 11.3 Å². The van der Waals surface area contributed by atoms with Gasteiger partial charge in [0.25, 0.3) is 0 Å². The zero-order valence-corrected chi connectivity index (χ0v) is 13.0. The van der Waals surface area contributed by atoms with Gasteiger partial charge in [0.1, 0.15) is 5.01 Å². The number of nitrogens with zero attached hydrogens (tertiary/aromatic N) is 2. The summed E-state index contributed by atoms with van der Waals surface area (Å²) in [6.45, 7) is 4.04. The largest absolute Gasteiger partial charge is 0.330 e. The highest BCUT2D eigenvalue weighted by Gasteiger charge is 2.21. The predicted molar refractivity (Wildman–Crippen MR) is 87.2 cm³/mol. The van der Waals surface area contributed by atoms with Gasteiger partial charge in [0.15, 0.2) is 0 Å². The lowest BCUT2D eigenvalue weighted by atomic mass is 10.1. The Morgan fingerprint density at radius 2 is 2.10 bits per heavy atom. The molecular weight excluding hydrogens is 290 g/mol. The van der Waals surface area contributed by atoms with E-state index in [4.69, 9.17) is 10.7 Å². The molecule has 108 valence electrons. The first kappa shape index (κ1) is 15.4. The van der Waals surface area contributed by atoms with Gasteiger partial charge in [0, 0.05) is 24.0 Å². The van der Waals surface area contributed by atoms with Crippen LogP contribution in [0.1, 0.15) is 12.1 Å². The molecule has 0 radical (unpaired) electrons. The van der Waals surface area contributed by atoms with E-state index in [-0.39, 0.29) is 12.4 Å². The highest BCUT2D eigenvalue weighted by atomic mass is 35.5. The van der Waals surface area contributed by atoms with Gasteiger partial charge >= 0.3 is 0 Å². The fourth-order valence-electron chi connectivity index (χ4n) is 2.57. The van der Waals surface area contributed by atoms with Crippen LogP contribution in [0.25, 0.3) is 10.6 Å². The first-order valence-corrected chi connectivity index (χ1v) is 7.65. The van der Waals surface area contributed by atoms with E-state index >= 15 is 0 Å². The third kappa shape index (κ3) is 3.58. The van der Waals surface area contributed by atoms with Crippen molar-refractivity contribution in [3.05, 3.63) is 41.4 Å². The molecule has 5 heteroatoms. The van der Waals surface area contributed by atoms with Crippen molar-refractivity contribution >= 4 is 23.7 Å². The van der Waals surface area contributed by atoms with E-state index in [9.17, 15) is 0 Å². The molecule has 0 aliphatic carbocycles. The van der Waals surface area contributed by atoms with Gasteiger partial charge in [-0.25, -0.2) is 4.98 Å². The standard InChI is InChI=1S/C15H19N3S.ClH/c16-8-12-6-7-18(9-12)10-14-11-19-15(17-14)13-4-2-1-3-5-13;/h1-5,11-12H,6-10,16H2;1H. The highest BCUT2D eigenvalue weighted by Crippen LogP contribution is 2.25. The summed E-state index contributed by atoms with van der Waals surface area (Å²) in [5.41, 5.74) is 8.12. The molecule has 1 aromatic carbocycles. The Morgan fingerprint density at radius 1 is 1.30 bits per heavy atom. The average molecular weight is 310 g/mol. The maximum atomic E-state index is 5.73. The molecule has 0 amide bonds. The van der Waals surface area contributed by atoms with Crippen molar-refractivity contribution in [2.45, 2.75) is 13.0 Å². The van der Waals surface area contributed by atoms with Crippen LogP contribution >= 0.6 is 23.7 Å². The second-order valence-electron chi connectivity index (χ2n) is 5.14. The van der Waals surface area contributed by atoms with Crippen LogP contribution in [0.2, 0.25) is 0 Å². The summed E-state index contributed by atoms with van der Waals surface area (Å²) in [4.78, 5) is 7.20. The molecule has 0 saturated carbocycles. The van der Waals surface area contributed by atoms with E-state index in [2.05, 4.69) is 34.5 Å². The van der Waals surface area contributed by atoms with Gasteiger partial charge in [0.05, 0.1) is 5.69 Å². The second kappa shape index (κ2) is 7.18. The number of hydrogen-bond acceptors (Lipinski definition) is 4. The van der Waals surface area contributed by atoms with E-state index in [0.29, 0.717) is 5.92 Å². The molecule has 2 heterocycles. The summed E-state index contributed by atoms with van der Waals surface area (Å²) in [6.07, 6.45) is 1.23. The summed E-state index contributed by atoms with van der Waals surface area (Å²) in [7, 11) is 0. The number of aromatic nitrogens is 1. The summed E-state index contributed by atoms with van der Waals surface area (Å²) in [5.74, 6) is 0.673. The Bertz CT molecular complexity index is 529. The normalized spacial score (nSPS) is 18.9. The lowest BCUT2D eigenvalue weighted by molar-refractivity contribution is 0.315. The molecule has 1 saturated heterocycles. The number of likely N-dealkylation sites (tertiary alicyclic amines) is 1. The van der Waals surface area contributed by atoms with Crippen molar-refractivity contribution in [2.75, 3.05) is 19.6 Å². The molecule has 3 rings (SSSR count). The van der Waals surface area contributed by atoms with E-state index in [1.165, 1.54) is 17.7 Å². The van der Waals surface area contributed by atoms with Crippen LogP contribution in [0.4, 0.5) is 0 Å². The third-order valence-corrected chi connectivity index (χ3v) is 4.60. The van der Waals surface area contributed by atoms with Gasteiger partial charge in [0.2, 0.25) is 0 Å². The Morgan fingerprint density at radius 3 is 2.80 bits per heavy atom. The summed E-state index contributed by atoms with van der Waals surface area (Å²) in [5, 5.41) is 3.29. The predicted octanol–water partition coefficient (Wildman–Crippen LogP) is 3.01. The maximum absolute atomic E-state index is 5.73. The van der Waals surface area contributed by atoms with Crippen molar-refractivity contribution in [3.8, 4) is 10.6 Å². The fraction of sp³-hybridized carbons (Fsp3) is 0.400. The smallest absolute Gasteiger partial charge is 0.123 e. The van der Waals surface area contributed by atoms with Gasteiger partial charge in [-0.3, -0.25) is 4.90 Å². The van der Waals surface area contributed by atoms with Crippen molar-refractivity contribution in [1.82, 2.24) is 9.88 Å². The van der Waals surface area contributed by atoms with Crippen LogP contribution in [-0.4, -0.2) is 29.5 Å². The number of rotatable bonds is 4. The minimum atomic E-state index is 0. The van der Waals surface area contributed by atoms with Crippen LogP contribution in [0.3, 0.4) is 0 Å². The topological polar surface area (TPSA) is 42.1 Å². The average Bonchev–Trinajstić information content (AvgIpc) is 3.09. The molecule has 3 nitrogen and oxygen atoms in total. The van der Waals surface area contributed by atoms with Gasteiger partial charge < -0.3 is 5.73 Å². The third-order valence-electron chi connectivity index (χ3n) is 3.66. The maximum Gasteiger partial charge on any atom is 0.123 e. The van der Waals surface area contributed by atoms with Crippen molar-refractivity contribution in [3.63, 3.8) is 0 Å². The van der Waals surface area contributed by atoms with E-state index in [0.717, 1.165) is 31.2 Å². The van der Waals surface area contributed by atoms with Crippen molar-refractivity contribution in [2.24, 2.45) is 11.7 Å². The lowest BCUT2D eigenvalue weighted by Gasteiger charge is -2.13. The number of halogens is 1. The Kier molecular flexibility index (Phi) is 5.54. The molecule has 1 unspecified atom stereocenters. The minimum Gasteiger partial charge on any atom is -0.330 e. The molecule has 1 atom stereocenters. The molecule has 1 aliphatic rings. The molecule has 0 bridgehead atoms. The minimum absolute atomic E-state index is 0. The molecule has 1 aromatic heterocycles. The lowest BCUT2D eigenvalue weighted by Crippen LogP contribution is -2.22. The van der Waals surface area contributed by atoms with Gasteiger partial charge in [-0.15, -0.1) is 23.7 Å². The highest BCUT2D eigenvalue weighted by molar-refractivity contribution is 7.13. The zero-order chi connectivity index (χ0) is 13.1.